The molecule has 5 nitrogen and oxygen atoms in total. The van der Waals surface area contributed by atoms with Crippen molar-refractivity contribution in [2.75, 3.05) is 19.9 Å². The van der Waals surface area contributed by atoms with Crippen molar-refractivity contribution in [2.45, 2.75) is 25.9 Å². The van der Waals surface area contributed by atoms with Crippen molar-refractivity contribution in [3.63, 3.8) is 0 Å². The van der Waals surface area contributed by atoms with Crippen LogP contribution in [0.3, 0.4) is 0 Å². The lowest BCUT2D eigenvalue weighted by Crippen LogP contribution is -2.23. The normalized spacial score (nSPS) is 16.1. The SMILES string of the molecule is O=C(/C=C/c1ccc2c(c1)OCO2)NCc1ccccc1CN1CCCC1. The minimum absolute atomic E-state index is 0.108. The number of amides is 1. The third kappa shape index (κ3) is 4.49. The van der Waals surface area contributed by atoms with Gasteiger partial charge in [0.1, 0.15) is 0 Å². The lowest BCUT2D eigenvalue weighted by molar-refractivity contribution is -0.116. The zero-order valence-electron chi connectivity index (χ0n) is 15.3. The van der Waals surface area contributed by atoms with Gasteiger partial charge in [0.25, 0.3) is 0 Å². The first kappa shape index (κ1) is 17.6. The molecule has 1 N–H and O–H groups in total. The number of fused-ring (bicyclic) bond motifs is 1. The van der Waals surface area contributed by atoms with Gasteiger partial charge >= 0.3 is 0 Å². The molecular weight excluding hydrogens is 340 g/mol. The quantitative estimate of drug-likeness (QED) is 0.799. The third-order valence-electron chi connectivity index (χ3n) is 4.99. The maximum absolute atomic E-state index is 12.2. The summed E-state index contributed by atoms with van der Waals surface area (Å²) in [5.74, 6) is 1.35. The van der Waals surface area contributed by atoms with Crippen LogP contribution in [-0.4, -0.2) is 30.7 Å². The summed E-state index contributed by atoms with van der Waals surface area (Å²) in [4.78, 5) is 14.7. The standard InChI is InChI=1S/C22H24N2O3/c25-22(10-8-17-7-9-20-21(13-17)27-16-26-20)23-14-18-5-1-2-6-19(18)15-24-11-3-4-12-24/h1-2,5-10,13H,3-4,11-12,14-16H2,(H,23,25)/b10-8+. The Balaban J connectivity index is 1.34. The molecule has 4 rings (SSSR count). The molecule has 0 bridgehead atoms. The molecule has 0 radical (unpaired) electrons. The topological polar surface area (TPSA) is 50.8 Å². The maximum Gasteiger partial charge on any atom is 0.244 e. The minimum atomic E-state index is -0.108. The summed E-state index contributed by atoms with van der Waals surface area (Å²) in [6, 6.07) is 14.0. The van der Waals surface area contributed by atoms with Crippen molar-refractivity contribution in [1.29, 1.82) is 0 Å². The molecule has 2 aliphatic rings. The molecule has 0 unspecified atom stereocenters. The zero-order chi connectivity index (χ0) is 18.5. The first-order valence-corrected chi connectivity index (χ1v) is 9.43. The van der Waals surface area contributed by atoms with Crippen molar-refractivity contribution in [2.24, 2.45) is 0 Å². The fourth-order valence-electron chi connectivity index (χ4n) is 3.50. The maximum atomic E-state index is 12.2. The average Bonchev–Trinajstić information content (AvgIpc) is 3.37. The van der Waals surface area contributed by atoms with Gasteiger partial charge in [-0.1, -0.05) is 30.3 Å². The summed E-state index contributed by atoms with van der Waals surface area (Å²) in [6.45, 7) is 4.07. The number of hydrogen-bond donors (Lipinski definition) is 1. The first-order chi connectivity index (χ1) is 13.3. The van der Waals surface area contributed by atoms with E-state index in [1.54, 1.807) is 12.2 Å². The van der Waals surface area contributed by atoms with Crippen LogP contribution in [0.25, 0.3) is 6.08 Å². The molecule has 1 fully saturated rings. The van der Waals surface area contributed by atoms with Crippen LogP contribution in [0.1, 0.15) is 29.5 Å². The number of hydrogen-bond acceptors (Lipinski definition) is 4. The second-order valence-corrected chi connectivity index (χ2v) is 6.92. The van der Waals surface area contributed by atoms with Crippen LogP contribution in [0.15, 0.2) is 48.5 Å². The molecule has 0 saturated carbocycles. The molecule has 0 atom stereocenters. The van der Waals surface area contributed by atoms with Crippen LogP contribution in [-0.2, 0) is 17.9 Å². The molecular formula is C22H24N2O3. The minimum Gasteiger partial charge on any atom is -0.454 e. The lowest BCUT2D eigenvalue weighted by Gasteiger charge is -2.17. The molecule has 0 aliphatic carbocycles. The van der Waals surface area contributed by atoms with Crippen molar-refractivity contribution >= 4 is 12.0 Å². The van der Waals surface area contributed by atoms with Gasteiger partial charge in [0, 0.05) is 19.2 Å². The lowest BCUT2D eigenvalue weighted by atomic mass is 10.1. The van der Waals surface area contributed by atoms with Crippen LogP contribution in [0, 0.1) is 0 Å². The monoisotopic (exact) mass is 364 g/mol. The van der Waals surface area contributed by atoms with Gasteiger partial charge in [-0.15, -0.1) is 0 Å². The molecule has 27 heavy (non-hydrogen) atoms. The van der Waals surface area contributed by atoms with Gasteiger partial charge in [0.2, 0.25) is 12.7 Å². The highest BCUT2D eigenvalue weighted by Crippen LogP contribution is 2.32. The summed E-state index contributed by atoms with van der Waals surface area (Å²) < 4.78 is 10.7. The highest BCUT2D eigenvalue weighted by Gasteiger charge is 2.14. The van der Waals surface area contributed by atoms with Crippen molar-refractivity contribution in [1.82, 2.24) is 10.2 Å². The summed E-state index contributed by atoms with van der Waals surface area (Å²) in [5, 5.41) is 2.99. The van der Waals surface area contributed by atoms with Crippen LogP contribution in [0.5, 0.6) is 11.5 Å². The largest absolute Gasteiger partial charge is 0.454 e. The number of nitrogens with zero attached hydrogens (tertiary/aromatic N) is 1. The molecule has 0 aromatic heterocycles. The Hall–Kier alpha value is -2.79. The van der Waals surface area contributed by atoms with E-state index in [1.165, 1.54) is 37.1 Å². The third-order valence-corrected chi connectivity index (χ3v) is 4.99. The van der Waals surface area contributed by atoms with Gasteiger partial charge in [-0.2, -0.15) is 0 Å². The second-order valence-electron chi connectivity index (χ2n) is 6.92. The van der Waals surface area contributed by atoms with E-state index < -0.39 is 0 Å². The fraction of sp³-hybridized carbons (Fsp3) is 0.318. The van der Waals surface area contributed by atoms with Crippen LogP contribution in [0.4, 0.5) is 0 Å². The van der Waals surface area contributed by atoms with E-state index in [0.717, 1.165) is 17.9 Å². The molecule has 5 heteroatoms. The molecule has 2 aromatic carbocycles. The summed E-state index contributed by atoms with van der Waals surface area (Å²) in [6.07, 6.45) is 5.90. The van der Waals surface area contributed by atoms with Crippen molar-refractivity contribution in [3.05, 3.63) is 65.2 Å². The van der Waals surface area contributed by atoms with E-state index in [0.29, 0.717) is 12.3 Å². The molecule has 2 aromatic rings. The van der Waals surface area contributed by atoms with Gasteiger partial charge in [-0.25, -0.2) is 0 Å². The highest BCUT2D eigenvalue weighted by atomic mass is 16.7. The van der Waals surface area contributed by atoms with Gasteiger partial charge in [-0.3, -0.25) is 9.69 Å². The molecule has 2 heterocycles. The van der Waals surface area contributed by atoms with E-state index in [9.17, 15) is 4.79 Å². The summed E-state index contributed by atoms with van der Waals surface area (Å²) in [5.41, 5.74) is 3.37. The zero-order valence-corrected chi connectivity index (χ0v) is 15.3. The Labute approximate surface area is 159 Å². The first-order valence-electron chi connectivity index (χ1n) is 9.43. The van der Waals surface area contributed by atoms with Gasteiger partial charge in [0.15, 0.2) is 11.5 Å². The summed E-state index contributed by atoms with van der Waals surface area (Å²) in [7, 11) is 0. The Morgan fingerprint density at radius 3 is 2.67 bits per heavy atom. The van der Waals surface area contributed by atoms with Crippen LogP contribution >= 0.6 is 0 Å². The van der Waals surface area contributed by atoms with Crippen LogP contribution in [0.2, 0.25) is 0 Å². The Morgan fingerprint density at radius 1 is 1.04 bits per heavy atom. The predicted molar refractivity (Wildman–Crippen MR) is 104 cm³/mol. The molecule has 140 valence electrons. The Bertz CT molecular complexity index is 841. The van der Waals surface area contributed by atoms with Gasteiger partial charge in [-0.05, 0) is 60.8 Å². The van der Waals surface area contributed by atoms with E-state index in [1.807, 2.05) is 24.3 Å². The van der Waals surface area contributed by atoms with E-state index >= 15 is 0 Å². The Kier molecular flexibility index (Phi) is 5.39. The number of carbonyl (C=O) groups is 1. The molecule has 1 amide bonds. The predicted octanol–water partition coefficient (Wildman–Crippen LogP) is 3.34. The van der Waals surface area contributed by atoms with E-state index in [2.05, 4.69) is 28.4 Å². The van der Waals surface area contributed by atoms with Gasteiger partial charge in [0.05, 0.1) is 0 Å². The number of likely N-dealkylation sites (tertiary alicyclic amines) is 1. The second kappa shape index (κ2) is 8.27. The van der Waals surface area contributed by atoms with E-state index in [4.69, 9.17) is 9.47 Å². The summed E-state index contributed by atoms with van der Waals surface area (Å²) >= 11 is 0. The Morgan fingerprint density at radius 2 is 1.81 bits per heavy atom. The number of rotatable bonds is 6. The highest BCUT2D eigenvalue weighted by molar-refractivity contribution is 5.91. The van der Waals surface area contributed by atoms with E-state index in [-0.39, 0.29) is 12.7 Å². The van der Waals surface area contributed by atoms with Crippen molar-refractivity contribution < 1.29 is 14.3 Å². The average molecular weight is 364 g/mol. The fourth-order valence-corrected chi connectivity index (χ4v) is 3.50. The number of nitrogens with one attached hydrogen (secondary N) is 1. The van der Waals surface area contributed by atoms with Crippen LogP contribution < -0.4 is 14.8 Å². The number of benzene rings is 2. The van der Waals surface area contributed by atoms with Gasteiger partial charge < -0.3 is 14.8 Å². The molecule has 0 spiro atoms. The number of carbonyl (C=O) groups excluding carboxylic acids is 1. The smallest absolute Gasteiger partial charge is 0.244 e. The molecule has 1 saturated heterocycles. The molecule has 2 aliphatic heterocycles. The van der Waals surface area contributed by atoms with Crippen molar-refractivity contribution in [3.8, 4) is 11.5 Å². The number of ether oxygens (including phenoxy) is 2.